The van der Waals surface area contributed by atoms with Gasteiger partial charge in [-0.1, -0.05) is 36.4 Å². The zero-order valence-electron chi connectivity index (χ0n) is 17.8. The number of amides is 2. The van der Waals surface area contributed by atoms with Crippen LogP contribution in [-0.4, -0.2) is 32.7 Å². The van der Waals surface area contributed by atoms with Crippen LogP contribution in [0, 0.1) is 5.92 Å². The molecule has 2 aliphatic rings. The molecule has 0 saturated carbocycles. The van der Waals surface area contributed by atoms with Gasteiger partial charge in [0.1, 0.15) is 0 Å². The molecule has 2 aromatic carbocycles. The van der Waals surface area contributed by atoms with E-state index in [1.54, 1.807) is 0 Å². The molecule has 4 heterocycles. The molecule has 2 amide bonds. The highest BCUT2D eigenvalue weighted by molar-refractivity contribution is 6.51. The zero-order chi connectivity index (χ0) is 22.0. The van der Waals surface area contributed by atoms with Crippen molar-refractivity contribution in [2.24, 2.45) is 13.0 Å². The van der Waals surface area contributed by atoms with E-state index in [-0.39, 0.29) is 24.3 Å². The minimum atomic E-state index is -0.361. The van der Waals surface area contributed by atoms with Crippen molar-refractivity contribution < 1.29 is 14.7 Å². The van der Waals surface area contributed by atoms with E-state index in [9.17, 15) is 14.7 Å². The van der Waals surface area contributed by atoms with Crippen LogP contribution in [0.2, 0.25) is 0 Å². The lowest BCUT2D eigenvalue weighted by Gasteiger charge is -2.24. The van der Waals surface area contributed by atoms with Crippen LogP contribution in [0.25, 0.3) is 33.0 Å². The molecule has 160 valence electrons. The molecule has 0 bridgehead atoms. The van der Waals surface area contributed by atoms with Crippen molar-refractivity contribution >= 4 is 44.8 Å². The smallest absolute Gasteiger partial charge is 0.259 e. The Morgan fingerprint density at radius 2 is 1.66 bits per heavy atom. The highest BCUT2D eigenvalue weighted by atomic mass is 16.3. The highest BCUT2D eigenvalue weighted by Crippen LogP contribution is 2.42. The maximum absolute atomic E-state index is 13.2. The second kappa shape index (κ2) is 6.93. The fourth-order valence-electron chi connectivity index (χ4n) is 5.44. The lowest BCUT2D eigenvalue weighted by Crippen LogP contribution is -2.24. The van der Waals surface area contributed by atoms with Gasteiger partial charge < -0.3 is 14.2 Å². The molecule has 0 radical (unpaired) electrons. The van der Waals surface area contributed by atoms with E-state index in [0.717, 1.165) is 51.6 Å². The van der Waals surface area contributed by atoms with Crippen LogP contribution in [0.5, 0.6) is 0 Å². The minimum absolute atomic E-state index is 0.112. The van der Waals surface area contributed by atoms with E-state index >= 15 is 0 Å². The number of para-hydroxylation sites is 2. The summed E-state index contributed by atoms with van der Waals surface area (Å²) in [5.74, 6) is -0.574. The van der Waals surface area contributed by atoms with Crippen LogP contribution in [0.15, 0.2) is 54.7 Å². The van der Waals surface area contributed by atoms with Crippen LogP contribution in [0.3, 0.4) is 0 Å². The number of nitrogens with zero attached hydrogens (tertiary/aromatic N) is 2. The lowest BCUT2D eigenvalue weighted by atomic mass is 9.89. The molecule has 0 unspecified atom stereocenters. The molecule has 2 aromatic heterocycles. The minimum Gasteiger partial charge on any atom is -0.396 e. The molecule has 0 saturated heterocycles. The van der Waals surface area contributed by atoms with Gasteiger partial charge in [-0.3, -0.25) is 14.9 Å². The quantitative estimate of drug-likeness (QED) is 0.495. The monoisotopic (exact) mass is 425 g/mol. The Morgan fingerprint density at radius 3 is 2.44 bits per heavy atom. The summed E-state index contributed by atoms with van der Waals surface area (Å²) in [5.41, 5.74) is 5.54. The molecule has 0 spiro atoms. The predicted octanol–water partition coefficient (Wildman–Crippen LogP) is 3.25. The van der Waals surface area contributed by atoms with Crippen molar-refractivity contribution in [2.75, 3.05) is 6.61 Å². The molecule has 1 atom stereocenters. The van der Waals surface area contributed by atoms with E-state index in [1.165, 1.54) is 0 Å². The molecule has 32 heavy (non-hydrogen) atoms. The highest BCUT2D eigenvalue weighted by Gasteiger charge is 2.38. The Balaban J connectivity index is 1.71. The molecule has 6 rings (SSSR count). The third-order valence-corrected chi connectivity index (χ3v) is 6.93. The van der Waals surface area contributed by atoms with Crippen LogP contribution >= 0.6 is 0 Å². The van der Waals surface area contributed by atoms with Crippen molar-refractivity contribution in [1.82, 2.24) is 14.5 Å². The van der Waals surface area contributed by atoms with E-state index in [4.69, 9.17) is 0 Å². The number of aliphatic hydroxyl groups excluding tert-OH is 1. The Morgan fingerprint density at radius 1 is 0.969 bits per heavy atom. The van der Waals surface area contributed by atoms with Gasteiger partial charge >= 0.3 is 0 Å². The van der Waals surface area contributed by atoms with Crippen LogP contribution in [0.1, 0.15) is 23.2 Å². The number of imide groups is 1. The van der Waals surface area contributed by atoms with Crippen molar-refractivity contribution in [1.29, 1.82) is 0 Å². The van der Waals surface area contributed by atoms with Crippen LogP contribution in [0.4, 0.5) is 0 Å². The molecule has 0 aliphatic carbocycles. The number of aromatic nitrogens is 2. The predicted molar refractivity (Wildman–Crippen MR) is 124 cm³/mol. The van der Waals surface area contributed by atoms with Gasteiger partial charge in [0.15, 0.2) is 0 Å². The number of rotatable bonds is 3. The summed E-state index contributed by atoms with van der Waals surface area (Å²) in [6.45, 7) is 0.898. The maximum Gasteiger partial charge on any atom is 0.259 e. The van der Waals surface area contributed by atoms with E-state index < -0.39 is 0 Å². The lowest BCUT2D eigenvalue weighted by molar-refractivity contribution is -0.122. The molecule has 0 fully saturated rings. The number of fused-ring (bicyclic) bond motifs is 4. The first-order chi connectivity index (χ1) is 15.6. The first kappa shape index (κ1) is 19.1. The maximum atomic E-state index is 13.2. The average molecular weight is 425 g/mol. The summed E-state index contributed by atoms with van der Waals surface area (Å²) in [6.07, 6.45) is 3.50. The van der Waals surface area contributed by atoms with Crippen molar-refractivity contribution in [3.05, 3.63) is 71.5 Å². The Kier molecular flexibility index (Phi) is 4.13. The van der Waals surface area contributed by atoms with Gasteiger partial charge in [-0.15, -0.1) is 0 Å². The Bertz CT molecular complexity index is 1470. The summed E-state index contributed by atoms with van der Waals surface area (Å²) in [4.78, 5) is 26.4. The van der Waals surface area contributed by atoms with Gasteiger partial charge in [-0.05, 0) is 30.9 Å². The summed E-state index contributed by atoms with van der Waals surface area (Å²) in [6, 6.07) is 16.0. The standard InChI is InChI=1S/C26H23N3O3/c1-28-13-18(16-6-2-4-8-19(16)28)23-24(26(32)27-25(23)31)22-17-7-3-5-9-20(17)29-11-10-15(14-30)12-21(22)29/h2-9,13,15,30H,10-12,14H2,1H3,(H,27,31,32)/t15-/m0/s1. The fourth-order valence-corrected chi connectivity index (χ4v) is 5.44. The normalized spacial score (nSPS) is 18.6. The summed E-state index contributed by atoms with van der Waals surface area (Å²) >= 11 is 0. The molecule has 4 aromatic rings. The number of aryl methyl sites for hydroxylation is 2. The third kappa shape index (κ3) is 2.56. The van der Waals surface area contributed by atoms with Gasteiger partial charge in [-0.25, -0.2) is 0 Å². The molecule has 6 heteroatoms. The second-order valence-corrected chi connectivity index (χ2v) is 8.74. The van der Waals surface area contributed by atoms with E-state index in [0.29, 0.717) is 17.6 Å². The van der Waals surface area contributed by atoms with Gasteiger partial charge in [-0.2, -0.15) is 0 Å². The summed E-state index contributed by atoms with van der Waals surface area (Å²) < 4.78 is 4.24. The number of hydrogen-bond donors (Lipinski definition) is 2. The number of carbonyl (C=O) groups excluding carboxylic acids is 2. The number of hydrogen-bond acceptors (Lipinski definition) is 3. The summed E-state index contributed by atoms with van der Waals surface area (Å²) in [5, 5.41) is 14.3. The van der Waals surface area contributed by atoms with E-state index in [1.807, 2.05) is 60.3 Å². The molecular weight excluding hydrogens is 402 g/mol. The Hall–Kier alpha value is -3.64. The van der Waals surface area contributed by atoms with Gasteiger partial charge in [0.2, 0.25) is 0 Å². The number of nitrogens with one attached hydrogen (secondary N) is 1. The van der Waals surface area contributed by atoms with Crippen molar-refractivity contribution in [3.8, 4) is 0 Å². The van der Waals surface area contributed by atoms with Gasteiger partial charge in [0.05, 0.1) is 11.1 Å². The van der Waals surface area contributed by atoms with Crippen LogP contribution in [-0.2, 0) is 29.6 Å². The number of aliphatic hydroxyl groups is 1. The second-order valence-electron chi connectivity index (χ2n) is 8.74. The Labute approximate surface area is 184 Å². The van der Waals surface area contributed by atoms with Crippen molar-refractivity contribution in [3.63, 3.8) is 0 Å². The first-order valence-electron chi connectivity index (χ1n) is 10.9. The SMILES string of the molecule is Cn1cc(C2=C(c3c4n(c5ccccc35)CC[C@H](CO)C4)C(=O)NC2=O)c2ccccc21. The molecular formula is C26H23N3O3. The van der Waals surface area contributed by atoms with Crippen molar-refractivity contribution in [2.45, 2.75) is 19.4 Å². The average Bonchev–Trinajstić information content (AvgIpc) is 3.41. The molecule has 2 N–H and O–H groups in total. The fraction of sp³-hybridized carbons (Fsp3) is 0.231. The number of carbonyl (C=O) groups is 2. The van der Waals surface area contributed by atoms with Crippen LogP contribution < -0.4 is 5.32 Å². The molecule has 6 nitrogen and oxygen atoms in total. The topological polar surface area (TPSA) is 76.3 Å². The number of benzene rings is 2. The zero-order valence-corrected chi connectivity index (χ0v) is 17.8. The third-order valence-electron chi connectivity index (χ3n) is 6.93. The molecule has 2 aliphatic heterocycles. The van der Waals surface area contributed by atoms with Gasteiger partial charge in [0.25, 0.3) is 11.8 Å². The summed E-state index contributed by atoms with van der Waals surface area (Å²) in [7, 11) is 1.95. The first-order valence-corrected chi connectivity index (χ1v) is 10.9. The van der Waals surface area contributed by atoms with E-state index in [2.05, 4.69) is 16.0 Å². The largest absolute Gasteiger partial charge is 0.396 e. The van der Waals surface area contributed by atoms with Gasteiger partial charge in [0, 0.05) is 65.0 Å².